The molecule has 1 fully saturated rings. The first-order chi connectivity index (χ1) is 17.2. The van der Waals surface area contributed by atoms with Gasteiger partial charge in [0.05, 0.1) is 20.4 Å². The Morgan fingerprint density at radius 3 is 2.42 bits per heavy atom. The van der Waals surface area contributed by atoms with E-state index in [4.69, 9.17) is 18.9 Å². The number of nitrogens with zero attached hydrogens (tertiary/aromatic N) is 2. The number of esters is 1. The molecule has 0 bridgehead atoms. The third-order valence-electron chi connectivity index (χ3n) is 5.43. The van der Waals surface area contributed by atoms with E-state index in [2.05, 4.69) is 16.4 Å². The molecule has 2 heterocycles. The molecule has 0 N–H and O–H groups in total. The van der Waals surface area contributed by atoms with Crippen LogP contribution in [0.4, 0.5) is 14.0 Å². The molecule has 1 saturated heterocycles. The van der Waals surface area contributed by atoms with Gasteiger partial charge >= 0.3 is 24.0 Å². The van der Waals surface area contributed by atoms with Gasteiger partial charge in [-0.3, -0.25) is 14.2 Å². The normalized spacial score (nSPS) is 18.9. The third kappa shape index (κ3) is 8.07. The van der Waals surface area contributed by atoms with Crippen molar-refractivity contribution in [2.24, 2.45) is 0 Å². The summed E-state index contributed by atoms with van der Waals surface area (Å²) in [6, 6.07) is 0. The molecule has 1 aromatic rings. The predicted molar refractivity (Wildman–Crippen MR) is 119 cm³/mol. The molecule has 3 atom stereocenters. The Morgan fingerprint density at radius 2 is 1.75 bits per heavy atom. The third-order valence-corrected chi connectivity index (χ3v) is 5.43. The maximum atomic E-state index is 14.4. The molecule has 1 aliphatic heterocycles. The van der Waals surface area contributed by atoms with E-state index in [0.717, 1.165) is 44.5 Å². The molecule has 0 spiro atoms. The fraction of sp³-hybridized carbons (Fsp3) is 0.682. The van der Waals surface area contributed by atoms with Crippen molar-refractivity contribution in [1.82, 2.24) is 9.13 Å². The number of aromatic nitrogens is 2. The molecule has 0 aromatic carbocycles. The maximum Gasteiger partial charge on any atom is 0.508 e. The van der Waals surface area contributed by atoms with Gasteiger partial charge in [0.25, 0.3) is 5.56 Å². The largest absolute Gasteiger partial charge is 0.508 e. The maximum absolute atomic E-state index is 14.4. The second-order valence-corrected chi connectivity index (χ2v) is 7.95. The zero-order chi connectivity index (χ0) is 26.7. The van der Waals surface area contributed by atoms with Crippen molar-refractivity contribution in [3.05, 3.63) is 32.9 Å². The first kappa shape index (κ1) is 28.8. The fourth-order valence-corrected chi connectivity index (χ4v) is 3.52. The van der Waals surface area contributed by atoms with Crippen LogP contribution in [0.1, 0.15) is 58.1 Å². The van der Waals surface area contributed by atoms with E-state index < -0.39 is 67.1 Å². The smallest absolute Gasteiger partial charge is 0.444 e. The number of carbonyl (C=O) groups is 3. The van der Waals surface area contributed by atoms with Gasteiger partial charge < -0.3 is 28.4 Å². The molecular formula is C22H31FN2O11. The summed E-state index contributed by atoms with van der Waals surface area (Å²) in [6.07, 6.45) is -0.321. The molecule has 14 heteroatoms. The lowest BCUT2D eigenvalue weighted by Crippen LogP contribution is -2.43. The standard InChI is InChI=1S/C22H31FN2O11/c1-4-5-6-7-8-9-18(26)34-13-25-19(27)14(23)11-24(20(25)28)17-10-15(36-22(30)32-3)16(35-17)12-33-21(29)31-2/h11,15-17H,4-10,12-13H2,1-3H3/t15-,16+,17+/m0/s1. The molecule has 0 amide bonds. The zero-order valence-electron chi connectivity index (χ0n) is 20.4. The lowest BCUT2D eigenvalue weighted by atomic mass is 10.1. The molecule has 2 rings (SSSR count). The van der Waals surface area contributed by atoms with Gasteiger partial charge in [-0.05, 0) is 6.42 Å². The number of rotatable bonds is 12. The Morgan fingerprint density at radius 1 is 1.06 bits per heavy atom. The molecule has 0 unspecified atom stereocenters. The van der Waals surface area contributed by atoms with Gasteiger partial charge in [-0.1, -0.05) is 32.6 Å². The number of methoxy groups -OCH3 is 2. The minimum atomic E-state index is -1.30. The van der Waals surface area contributed by atoms with Crippen LogP contribution < -0.4 is 11.2 Å². The monoisotopic (exact) mass is 518 g/mol. The molecule has 36 heavy (non-hydrogen) atoms. The highest BCUT2D eigenvalue weighted by molar-refractivity contribution is 5.69. The number of unbranched alkanes of at least 4 members (excludes halogenated alkanes) is 4. The topological polar surface area (TPSA) is 151 Å². The van der Waals surface area contributed by atoms with E-state index >= 15 is 0 Å². The van der Waals surface area contributed by atoms with Crippen LogP contribution in [0.3, 0.4) is 0 Å². The van der Waals surface area contributed by atoms with Gasteiger partial charge in [0.15, 0.2) is 6.73 Å². The number of hydrogen-bond acceptors (Lipinski definition) is 11. The number of hydrogen-bond donors (Lipinski definition) is 0. The van der Waals surface area contributed by atoms with Crippen LogP contribution in [-0.4, -0.2) is 60.4 Å². The van der Waals surface area contributed by atoms with E-state index in [0.29, 0.717) is 17.2 Å². The summed E-state index contributed by atoms with van der Waals surface area (Å²) in [5.74, 6) is -1.93. The van der Waals surface area contributed by atoms with Gasteiger partial charge in [0, 0.05) is 12.8 Å². The summed E-state index contributed by atoms with van der Waals surface area (Å²) in [7, 11) is 2.17. The van der Waals surface area contributed by atoms with Gasteiger partial charge in [-0.15, -0.1) is 0 Å². The lowest BCUT2D eigenvalue weighted by Gasteiger charge is -2.18. The first-order valence-electron chi connectivity index (χ1n) is 11.5. The van der Waals surface area contributed by atoms with Crippen molar-refractivity contribution in [2.45, 2.75) is 77.0 Å². The van der Waals surface area contributed by atoms with Crippen molar-refractivity contribution >= 4 is 18.3 Å². The predicted octanol–water partition coefficient (Wildman–Crippen LogP) is 2.23. The summed E-state index contributed by atoms with van der Waals surface area (Å²) in [5, 5.41) is 0. The number of halogens is 1. The van der Waals surface area contributed by atoms with Crippen LogP contribution in [0.5, 0.6) is 0 Å². The molecule has 0 aliphatic carbocycles. The molecule has 0 radical (unpaired) electrons. The molecular weight excluding hydrogens is 487 g/mol. The van der Waals surface area contributed by atoms with Crippen LogP contribution in [0.25, 0.3) is 0 Å². The van der Waals surface area contributed by atoms with Crippen LogP contribution in [0, 0.1) is 5.82 Å². The number of ether oxygens (including phenoxy) is 6. The van der Waals surface area contributed by atoms with Crippen LogP contribution in [0.2, 0.25) is 0 Å². The molecule has 1 aliphatic rings. The average Bonchev–Trinajstić information content (AvgIpc) is 3.26. The summed E-state index contributed by atoms with van der Waals surface area (Å²) in [5.41, 5.74) is -2.30. The number of carbonyl (C=O) groups excluding carboxylic acids is 3. The van der Waals surface area contributed by atoms with Gasteiger partial charge in [0.2, 0.25) is 5.82 Å². The summed E-state index contributed by atoms with van der Waals surface area (Å²) < 4.78 is 45.0. The van der Waals surface area contributed by atoms with Crippen molar-refractivity contribution in [2.75, 3.05) is 20.8 Å². The molecule has 202 valence electrons. The highest BCUT2D eigenvalue weighted by Crippen LogP contribution is 2.30. The van der Waals surface area contributed by atoms with E-state index in [9.17, 15) is 28.4 Å². The quantitative estimate of drug-likeness (QED) is 0.228. The van der Waals surface area contributed by atoms with Crippen molar-refractivity contribution in [3.63, 3.8) is 0 Å². The van der Waals surface area contributed by atoms with Gasteiger partial charge in [0.1, 0.15) is 25.0 Å². The van der Waals surface area contributed by atoms with Crippen LogP contribution in [0.15, 0.2) is 15.8 Å². The SMILES string of the molecule is CCCCCCCC(=O)OCn1c(=O)c(F)cn([C@H]2C[C@H](OC(=O)OC)[C@@H](COC(=O)OC)O2)c1=O. The first-order valence-corrected chi connectivity index (χ1v) is 11.5. The zero-order valence-corrected chi connectivity index (χ0v) is 20.4. The molecule has 0 saturated carbocycles. The van der Waals surface area contributed by atoms with Crippen molar-refractivity contribution < 1.29 is 47.2 Å². The highest BCUT2D eigenvalue weighted by Gasteiger charge is 2.41. The Kier molecular flexibility index (Phi) is 11.4. The fourth-order valence-electron chi connectivity index (χ4n) is 3.52. The van der Waals surface area contributed by atoms with E-state index in [1.807, 2.05) is 0 Å². The van der Waals surface area contributed by atoms with Crippen molar-refractivity contribution in [3.8, 4) is 0 Å². The second-order valence-electron chi connectivity index (χ2n) is 7.95. The van der Waals surface area contributed by atoms with E-state index in [-0.39, 0.29) is 12.8 Å². The van der Waals surface area contributed by atoms with Crippen LogP contribution >= 0.6 is 0 Å². The van der Waals surface area contributed by atoms with E-state index in [1.165, 1.54) is 0 Å². The Hall–Kier alpha value is -3.42. The lowest BCUT2D eigenvalue weighted by molar-refractivity contribution is -0.148. The van der Waals surface area contributed by atoms with Gasteiger partial charge in [-0.25, -0.2) is 19.0 Å². The summed E-state index contributed by atoms with van der Waals surface area (Å²) in [6.45, 7) is 0.863. The Balaban J connectivity index is 2.15. The minimum absolute atomic E-state index is 0.0993. The summed E-state index contributed by atoms with van der Waals surface area (Å²) >= 11 is 0. The summed E-state index contributed by atoms with van der Waals surface area (Å²) in [4.78, 5) is 60.0. The highest BCUT2D eigenvalue weighted by atomic mass is 19.1. The van der Waals surface area contributed by atoms with Crippen molar-refractivity contribution in [1.29, 1.82) is 0 Å². The Labute approximate surface area is 206 Å². The Bertz CT molecular complexity index is 1020. The van der Waals surface area contributed by atoms with Gasteiger partial charge in [-0.2, -0.15) is 4.39 Å². The molecule has 13 nitrogen and oxygen atoms in total. The van der Waals surface area contributed by atoms with E-state index in [1.54, 1.807) is 0 Å². The average molecular weight is 518 g/mol. The molecule has 1 aromatic heterocycles. The second kappa shape index (κ2) is 14.2. The van der Waals surface area contributed by atoms with Crippen LogP contribution in [-0.2, 0) is 39.9 Å². The minimum Gasteiger partial charge on any atom is -0.444 e.